The maximum atomic E-state index is 9.58. The molecule has 3 heteroatoms. The van der Waals surface area contributed by atoms with Gasteiger partial charge in [0.1, 0.15) is 0 Å². The standard InChI is InChI=1S/C14H22O3/c1-3-4-5-6-9-17-11-12-7-8-14(16-2)13(15)10-12/h7-8,10,15H,3-6,9,11H2,1-2H3. The Labute approximate surface area is 103 Å². The van der Waals surface area contributed by atoms with Crippen LogP contribution >= 0.6 is 0 Å². The Bertz CT molecular complexity index is 323. The van der Waals surface area contributed by atoms with E-state index in [4.69, 9.17) is 9.47 Å². The fourth-order valence-corrected chi connectivity index (χ4v) is 1.65. The minimum absolute atomic E-state index is 0.166. The third-order valence-corrected chi connectivity index (χ3v) is 2.65. The highest BCUT2D eigenvalue weighted by molar-refractivity contribution is 5.41. The van der Waals surface area contributed by atoms with Gasteiger partial charge in [0.25, 0.3) is 0 Å². The zero-order valence-corrected chi connectivity index (χ0v) is 10.7. The zero-order valence-electron chi connectivity index (χ0n) is 10.7. The number of phenolic OH excluding ortho intramolecular Hbond substituents is 1. The van der Waals surface area contributed by atoms with E-state index in [1.54, 1.807) is 19.2 Å². The molecule has 0 aliphatic heterocycles. The van der Waals surface area contributed by atoms with Gasteiger partial charge in [-0.2, -0.15) is 0 Å². The summed E-state index contributed by atoms with van der Waals surface area (Å²) in [6, 6.07) is 5.35. The summed E-state index contributed by atoms with van der Waals surface area (Å²) >= 11 is 0. The summed E-state index contributed by atoms with van der Waals surface area (Å²) in [4.78, 5) is 0. The highest BCUT2D eigenvalue weighted by atomic mass is 16.5. The maximum absolute atomic E-state index is 9.58. The van der Waals surface area contributed by atoms with Crippen LogP contribution in [0.5, 0.6) is 11.5 Å². The molecule has 0 radical (unpaired) electrons. The maximum Gasteiger partial charge on any atom is 0.160 e. The molecule has 0 aromatic heterocycles. The molecule has 0 unspecified atom stereocenters. The normalized spacial score (nSPS) is 10.5. The largest absolute Gasteiger partial charge is 0.504 e. The van der Waals surface area contributed by atoms with Crippen molar-refractivity contribution >= 4 is 0 Å². The predicted octanol–water partition coefficient (Wildman–Crippen LogP) is 3.50. The average molecular weight is 238 g/mol. The van der Waals surface area contributed by atoms with Crippen LogP contribution in [0.2, 0.25) is 0 Å². The first-order chi connectivity index (χ1) is 8.27. The zero-order chi connectivity index (χ0) is 12.5. The van der Waals surface area contributed by atoms with Crippen molar-refractivity contribution in [2.24, 2.45) is 0 Å². The van der Waals surface area contributed by atoms with Crippen LogP contribution in [-0.2, 0) is 11.3 Å². The Balaban J connectivity index is 2.25. The lowest BCUT2D eigenvalue weighted by Crippen LogP contribution is -1.96. The molecular formula is C14H22O3. The Kier molecular flexibility index (Phi) is 6.48. The van der Waals surface area contributed by atoms with Gasteiger partial charge in [0, 0.05) is 6.61 Å². The van der Waals surface area contributed by atoms with Crippen molar-refractivity contribution in [1.29, 1.82) is 0 Å². The van der Waals surface area contributed by atoms with Gasteiger partial charge in [-0.25, -0.2) is 0 Å². The molecule has 0 aliphatic carbocycles. The lowest BCUT2D eigenvalue weighted by Gasteiger charge is -2.07. The van der Waals surface area contributed by atoms with Crippen molar-refractivity contribution in [2.75, 3.05) is 13.7 Å². The van der Waals surface area contributed by atoms with E-state index in [2.05, 4.69) is 6.92 Å². The molecule has 0 heterocycles. The molecule has 0 fully saturated rings. The lowest BCUT2D eigenvalue weighted by molar-refractivity contribution is 0.116. The minimum atomic E-state index is 0.166. The van der Waals surface area contributed by atoms with E-state index >= 15 is 0 Å². The molecule has 1 rings (SSSR count). The Morgan fingerprint density at radius 1 is 1.18 bits per heavy atom. The van der Waals surface area contributed by atoms with Crippen LogP contribution < -0.4 is 4.74 Å². The first-order valence-corrected chi connectivity index (χ1v) is 6.21. The summed E-state index contributed by atoms with van der Waals surface area (Å²) in [7, 11) is 1.54. The number of methoxy groups -OCH3 is 1. The third-order valence-electron chi connectivity index (χ3n) is 2.65. The number of hydrogen-bond acceptors (Lipinski definition) is 3. The van der Waals surface area contributed by atoms with Gasteiger partial charge in [0.2, 0.25) is 0 Å². The fourth-order valence-electron chi connectivity index (χ4n) is 1.65. The summed E-state index contributed by atoms with van der Waals surface area (Å²) in [5.41, 5.74) is 0.971. The second-order valence-electron chi connectivity index (χ2n) is 4.12. The van der Waals surface area contributed by atoms with Crippen LogP contribution in [0.1, 0.15) is 38.2 Å². The van der Waals surface area contributed by atoms with Crippen molar-refractivity contribution in [2.45, 2.75) is 39.2 Å². The van der Waals surface area contributed by atoms with Gasteiger partial charge in [0.15, 0.2) is 11.5 Å². The molecule has 0 saturated heterocycles. The van der Waals surface area contributed by atoms with Gasteiger partial charge in [-0.15, -0.1) is 0 Å². The van der Waals surface area contributed by atoms with E-state index in [1.165, 1.54) is 19.3 Å². The highest BCUT2D eigenvalue weighted by Gasteiger charge is 2.02. The van der Waals surface area contributed by atoms with Crippen molar-refractivity contribution < 1.29 is 14.6 Å². The summed E-state index contributed by atoms with van der Waals surface area (Å²) in [6.07, 6.45) is 4.85. The molecule has 0 amide bonds. The second-order valence-corrected chi connectivity index (χ2v) is 4.12. The van der Waals surface area contributed by atoms with Gasteiger partial charge in [0.05, 0.1) is 13.7 Å². The number of phenols is 1. The van der Waals surface area contributed by atoms with E-state index in [0.717, 1.165) is 18.6 Å². The summed E-state index contributed by atoms with van der Waals surface area (Å²) in [5, 5.41) is 9.58. The van der Waals surface area contributed by atoms with E-state index < -0.39 is 0 Å². The number of rotatable bonds is 8. The van der Waals surface area contributed by atoms with Crippen LogP contribution in [0.3, 0.4) is 0 Å². The molecule has 96 valence electrons. The molecule has 1 aromatic carbocycles. The Hall–Kier alpha value is -1.22. The van der Waals surface area contributed by atoms with Crippen LogP contribution in [0, 0.1) is 0 Å². The molecule has 1 N–H and O–H groups in total. The number of hydrogen-bond donors (Lipinski definition) is 1. The Morgan fingerprint density at radius 2 is 2.00 bits per heavy atom. The van der Waals surface area contributed by atoms with E-state index in [1.807, 2.05) is 6.07 Å². The van der Waals surface area contributed by atoms with Gasteiger partial charge in [-0.1, -0.05) is 32.3 Å². The number of unbranched alkanes of at least 4 members (excludes halogenated alkanes) is 3. The highest BCUT2D eigenvalue weighted by Crippen LogP contribution is 2.26. The molecule has 1 aromatic rings. The summed E-state index contributed by atoms with van der Waals surface area (Å²) in [5.74, 6) is 0.663. The lowest BCUT2D eigenvalue weighted by atomic mass is 10.2. The summed E-state index contributed by atoms with van der Waals surface area (Å²) in [6.45, 7) is 3.53. The monoisotopic (exact) mass is 238 g/mol. The minimum Gasteiger partial charge on any atom is -0.504 e. The van der Waals surface area contributed by atoms with Crippen molar-refractivity contribution in [3.8, 4) is 11.5 Å². The molecule has 0 saturated carbocycles. The fraction of sp³-hybridized carbons (Fsp3) is 0.571. The van der Waals surface area contributed by atoms with Gasteiger partial charge >= 0.3 is 0 Å². The molecule has 0 bridgehead atoms. The topological polar surface area (TPSA) is 38.7 Å². The van der Waals surface area contributed by atoms with Gasteiger partial charge in [-0.05, 0) is 24.1 Å². The molecular weight excluding hydrogens is 216 g/mol. The molecule has 17 heavy (non-hydrogen) atoms. The predicted molar refractivity (Wildman–Crippen MR) is 68.5 cm³/mol. The van der Waals surface area contributed by atoms with E-state index in [9.17, 15) is 5.11 Å². The molecule has 0 atom stereocenters. The van der Waals surface area contributed by atoms with Crippen LogP contribution in [-0.4, -0.2) is 18.8 Å². The smallest absolute Gasteiger partial charge is 0.160 e. The first-order valence-electron chi connectivity index (χ1n) is 6.21. The van der Waals surface area contributed by atoms with Crippen molar-refractivity contribution in [3.63, 3.8) is 0 Å². The molecule has 0 spiro atoms. The van der Waals surface area contributed by atoms with E-state index in [0.29, 0.717) is 12.4 Å². The van der Waals surface area contributed by atoms with Crippen LogP contribution in [0.25, 0.3) is 0 Å². The van der Waals surface area contributed by atoms with E-state index in [-0.39, 0.29) is 5.75 Å². The van der Waals surface area contributed by atoms with Crippen LogP contribution in [0.4, 0.5) is 0 Å². The van der Waals surface area contributed by atoms with Crippen molar-refractivity contribution in [3.05, 3.63) is 23.8 Å². The summed E-state index contributed by atoms with van der Waals surface area (Å²) < 4.78 is 10.5. The third kappa shape index (κ3) is 5.09. The van der Waals surface area contributed by atoms with Gasteiger partial charge < -0.3 is 14.6 Å². The second kappa shape index (κ2) is 7.96. The van der Waals surface area contributed by atoms with Crippen molar-refractivity contribution in [1.82, 2.24) is 0 Å². The van der Waals surface area contributed by atoms with Gasteiger partial charge in [-0.3, -0.25) is 0 Å². The first kappa shape index (κ1) is 13.8. The molecule has 0 aliphatic rings. The number of ether oxygens (including phenoxy) is 2. The van der Waals surface area contributed by atoms with Crippen LogP contribution in [0.15, 0.2) is 18.2 Å². The Morgan fingerprint density at radius 3 is 2.65 bits per heavy atom. The number of aromatic hydroxyl groups is 1. The quantitative estimate of drug-likeness (QED) is 0.704. The SMILES string of the molecule is CCCCCCOCc1ccc(OC)c(O)c1. The number of benzene rings is 1. The molecule has 3 nitrogen and oxygen atoms in total. The average Bonchev–Trinajstić information content (AvgIpc) is 2.34.